The van der Waals surface area contributed by atoms with Gasteiger partial charge in [-0.2, -0.15) is 0 Å². The second-order valence-corrected chi connectivity index (χ2v) is 3.77. The third-order valence-electron chi connectivity index (χ3n) is 2.05. The van der Waals surface area contributed by atoms with Crippen LogP contribution in [0, 0.1) is 0 Å². The van der Waals surface area contributed by atoms with Crippen LogP contribution in [-0.2, 0) is 11.2 Å². The highest BCUT2D eigenvalue weighted by Crippen LogP contribution is 2.14. The highest BCUT2D eigenvalue weighted by atomic mass is 16.5. The lowest BCUT2D eigenvalue weighted by Crippen LogP contribution is -2.01. The van der Waals surface area contributed by atoms with Crippen molar-refractivity contribution in [1.82, 2.24) is 0 Å². The molecule has 16 heavy (non-hydrogen) atoms. The Morgan fingerprint density at radius 3 is 2.88 bits per heavy atom. The Morgan fingerprint density at radius 2 is 2.25 bits per heavy atom. The molecule has 0 spiro atoms. The largest absolute Gasteiger partial charge is 0.493 e. The van der Waals surface area contributed by atoms with Crippen LogP contribution in [0.4, 0.5) is 0 Å². The van der Waals surface area contributed by atoms with E-state index in [-0.39, 0.29) is 6.42 Å². The molecule has 0 atom stereocenters. The topological polar surface area (TPSA) is 46.5 Å². The van der Waals surface area contributed by atoms with E-state index in [1.54, 1.807) is 18.2 Å². The lowest BCUT2D eigenvalue weighted by atomic mass is 10.1. The Hall–Kier alpha value is -1.77. The standard InChI is InChI=1S/C13H16O3/c1-10(2)6-7-16-12-5-3-4-11(8-12)9-13(14)15/h3-5,8H,1,6-7,9H2,2H3,(H,14,15). The lowest BCUT2D eigenvalue weighted by molar-refractivity contribution is -0.136. The van der Waals surface area contributed by atoms with Gasteiger partial charge in [-0.05, 0) is 24.6 Å². The van der Waals surface area contributed by atoms with Crippen molar-refractivity contribution in [2.45, 2.75) is 19.8 Å². The fourth-order valence-electron chi connectivity index (χ4n) is 1.26. The second-order valence-electron chi connectivity index (χ2n) is 3.77. The van der Waals surface area contributed by atoms with Crippen molar-refractivity contribution in [2.75, 3.05) is 6.61 Å². The molecule has 0 unspecified atom stereocenters. The molecule has 0 aromatic heterocycles. The number of carboxylic acids is 1. The molecule has 0 radical (unpaired) electrons. The van der Waals surface area contributed by atoms with Gasteiger partial charge in [-0.1, -0.05) is 17.7 Å². The zero-order valence-electron chi connectivity index (χ0n) is 9.40. The van der Waals surface area contributed by atoms with E-state index in [2.05, 4.69) is 6.58 Å². The van der Waals surface area contributed by atoms with Crippen LogP contribution in [0.1, 0.15) is 18.9 Å². The summed E-state index contributed by atoms with van der Waals surface area (Å²) < 4.78 is 5.49. The Kier molecular flexibility index (Phi) is 4.58. The van der Waals surface area contributed by atoms with Gasteiger partial charge in [-0.3, -0.25) is 4.79 Å². The molecule has 0 bridgehead atoms. The highest BCUT2D eigenvalue weighted by Gasteiger charge is 2.01. The van der Waals surface area contributed by atoms with Crippen LogP contribution in [0.3, 0.4) is 0 Å². The molecule has 0 aliphatic heterocycles. The van der Waals surface area contributed by atoms with Crippen molar-refractivity contribution in [1.29, 1.82) is 0 Å². The van der Waals surface area contributed by atoms with E-state index in [9.17, 15) is 4.79 Å². The first kappa shape index (κ1) is 12.3. The van der Waals surface area contributed by atoms with Crippen molar-refractivity contribution >= 4 is 5.97 Å². The third kappa shape index (κ3) is 4.64. The Labute approximate surface area is 95.4 Å². The van der Waals surface area contributed by atoms with E-state index in [1.807, 2.05) is 13.0 Å². The molecule has 0 fully saturated rings. The van der Waals surface area contributed by atoms with Gasteiger partial charge in [0, 0.05) is 6.42 Å². The first-order valence-corrected chi connectivity index (χ1v) is 5.16. The Balaban J connectivity index is 2.53. The molecule has 1 rings (SSSR count). The van der Waals surface area contributed by atoms with Gasteiger partial charge in [0.2, 0.25) is 0 Å². The minimum absolute atomic E-state index is 0.0255. The highest BCUT2D eigenvalue weighted by molar-refractivity contribution is 5.70. The summed E-state index contributed by atoms with van der Waals surface area (Å²) in [7, 11) is 0. The zero-order valence-corrected chi connectivity index (χ0v) is 9.40. The predicted octanol–water partition coefficient (Wildman–Crippen LogP) is 2.66. The molecule has 0 aliphatic rings. The fourth-order valence-corrected chi connectivity index (χ4v) is 1.26. The number of benzene rings is 1. The van der Waals surface area contributed by atoms with E-state index in [1.165, 1.54) is 0 Å². The molecule has 3 heteroatoms. The monoisotopic (exact) mass is 220 g/mol. The van der Waals surface area contributed by atoms with Crippen LogP contribution < -0.4 is 4.74 Å². The Bertz CT molecular complexity index is 383. The number of carbonyl (C=O) groups is 1. The van der Waals surface area contributed by atoms with Crippen molar-refractivity contribution < 1.29 is 14.6 Å². The summed E-state index contributed by atoms with van der Waals surface area (Å²) in [5.74, 6) is -0.126. The van der Waals surface area contributed by atoms with E-state index in [4.69, 9.17) is 9.84 Å². The normalized spacial score (nSPS) is 9.81. The van der Waals surface area contributed by atoms with Gasteiger partial charge in [-0.15, -0.1) is 6.58 Å². The first-order chi connectivity index (χ1) is 7.58. The number of aliphatic carboxylic acids is 1. The summed E-state index contributed by atoms with van der Waals surface area (Å²) in [6.45, 7) is 6.31. The van der Waals surface area contributed by atoms with Crippen LogP contribution in [0.15, 0.2) is 36.4 Å². The number of hydrogen-bond acceptors (Lipinski definition) is 2. The quantitative estimate of drug-likeness (QED) is 0.750. The van der Waals surface area contributed by atoms with Crippen molar-refractivity contribution in [2.24, 2.45) is 0 Å². The second kappa shape index (κ2) is 5.95. The summed E-state index contributed by atoms with van der Waals surface area (Å²) in [6, 6.07) is 7.16. The molecule has 0 saturated carbocycles. The van der Waals surface area contributed by atoms with E-state index < -0.39 is 5.97 Å². The van der Waals surface area contributed by atoms with Crippen molar-refractivity contribution in [3.05, 3.63) is 42.0 Å². The number of carboxylic acid groups (broad SMARTS) is 1. The van der Waals surface area contributed by atoms with Crippen LogP contribution >= 0.6 is 0 Å². The first-order valence-electron chi connectivity index (χ1n) is 5.16. The minimum atomic E-state index is -0.834. The van der Waals surface area contributed by atoms with Crippen molar-refractivity contribution in [3.63, 3.8) is 0 Å². The number of hydrogen-bond donors (Lipinski definition) is 1. The van der Waals surface area contributed by atoms with Gasteiger partial charge in [0.1, 0.15) is 5.75 Å². The summed E-state index contributed by atoms with van der Waals surface area (Å²) >= 11 is 0. The Morgan fingerprint density at radius 1 is 1.50 bits per heavy atom. The molecule has 1 N–H and O–H groups in total. The SMILES string of the molecule is C=C(C)CCOc1cccc(CC(=O)O)c1. The summed E-state index contributed by atoms with van der Waals surface area (Å²) in [5, 5.41) is 8.65. The zero-order chi connectivity index (χ0) is 12.0. The molecule has 0 aliphatic carbocycles. The maximum Gasteiger partial charge on any atom is 0.307 e. The predicted molar refractivity (Wildman–Crippen MR) is 62.7 cm³/mol. The average molecular weight is 220 g/mol. The van der Waals surface area contributed by atoms with E-state index >= 15 is 0 Å². The number of ether oxygens (including phenoxy) is 1. The molecule has 86 valence electrons. The molecule has 0 amide bonds. The maximum atomic E-state index is 10.5. The van der Waals surface area contributed by atoms with Gasteiger partial charge in [0.15, 0.2) is 0 Å². The summed E-state index contributed by atoms with van der Waals surface area (Å²) in [6.07, 6.45) is 0.834. The van der Waals surface area contributed by atoms with E-state index in [0.29, 0.717) is 12.4 Å². The lowest BCUT2D eigenvalue weighted by Gasteiger charge is -2.07. The minimum Gasteiger partial charge on any atom is -0.493 e. The van der Waals surface area contributed by atoms with Gasteiger partial charge in [-0.25, -0.2) is 0 Å². The fraction of sp³-hybridized carbons (Fsp3) is 0.308. The van der Waals surface area contributed by atoms with Crippen LogP contribution in [0.25, 0.3) is 0 Å². The molecule has 1 aromatic rings. The average Bonchev–Trinajstić information content (AvgIpc) is 2.16. The van der Waals surface area contributed by atoms with Crippen LogP contribution in [-0.4, -0.2) is 17.7 Å². The summed E-state index contributed by atoms with van der Waals surface area (Å²) in [4.78, 5) is 10.5. The van der Waals surface area contributed by atoms with Gasteiger partial charge < -0.3 is 9.84 Å². The van der Waals surface area contributed by atoms with Gasteiger partial charge >= 0.3 is 5.97 Å². The molecule has 0 heterocycles. The van der Waals surface area contributed by atoms with Crippen LogP contribution in [0.2, 0.25) is 0 Å². The molecular formula is C13H16O3. The smallest absolute Gasteiger partial charge is 0.307 e. The van der Waals surface area contributed by atoms with Gasteiger partial charge in [0.25, 0.3) is 0 Å². The maximum absolute atomic E-state index is 10.5. The third-order valence-corrected chi connectivity index (χ3v) is 2.05. The molecule has 0 saturated heterocycles. The number of rotatable bonds is 6. The molecular weight excluding hydrogens is 204 g/mol. The van der Waals surface area contributed by atoms with Crippen molar-refractivity contribution in [3.8, 4) is 5.75 Å². The summed E-state index contributed by atoms with van der Waals surface area (Å²) in [5.41, 5.74) is 1.82. The van der Waals surface area contributed by atoms with Crippen LogP contribution in [0.5, 0.6) is 5.75 Å². The van der Waals surface area contributed by atoms with Gasteiger partial charge in [0.05, 0.1) is 13.0 Å². The molecule has 1 aromatic carbocycles. The van der Waals surface area contributed by atoms with E-state index in [0.717, 1.165) is 17.6 Å². The molecule has 3 nitrogen and oxygen atoms in total.